The van der Waals surface area contributed by atoms with E-state index in [1.807, 2.05) is 33.9 Å². The maximum Gasteiger partial charge on any atom is 0.202 e. The summed E-state index contributed by atoms with van der Waals surface area (Å²) in [7, 11) is 4.47. The topological polar surface area (TPSA) is 35.3 Å². The van der Waals surface area contributed by atoms with Gasteiger partial charge < -0.3 is 13.6 Å². The molecule has 0 N–H and O–H groups in total. The summed E-state index contributed by atoms with van der Waals surface area (Å²) in [6.07, 6.45) is 10.7. The minimum Gasteiger partial charge on any atom is -0.439 e. The van der Waals surface area contributed by atoms with Crippen LogP contribution in [-0.2, 0) is 17.7 Å². The SMILES string of the molecule is CC.CC.CCC.C[N+](C)(CCOCCc1ccccc1)Cc1cnc(C(c2ccccc2)C2CCCCC2)o1. The minimum absolute atomic E-state index is 0.261. The lowest BCUT2D eigenvalue weighted by Crippen LogP contribution is -2.41. The molecule has 1 aromatic heterocycles. The number of hydrogen-bond donors (Lipinski definition) is 0. The van der Waals surface area contributed by atoms with Crippen molar-refractivity contribution in [3.05, 3.63) is 89.6 Å². The lowest BCUT2D eigenvalue weighted by atomic mass is 9.77. The Kier molecular flexibility index (Phi) is 19.0. The lowest BCUT2D eigenvalue weighted by molar-refractivity contribution is -0.904. The maximum absolute atomic E-state index is 6.41. The van der Waals surface area contributed by atoms with E-state index in [-0.39, 0.29) is 5.92 Å². The molecule has 1 fully saturated rings. The number of rotatable bonds is 11. The van der Waals surface area contributed by atoms with Crippen molar-refractivity contribution in [3.8, 4) is 0 Å². The number of benzene rings is 2. The van der Waals surface area contributed by atoms with Gasteiger partial charge >= 0.3 is 0 Å². The number of quaternary nitrogens is 1. The van der Waals surface area contributed by atoms with Crippen molar-refractivity contribution in [2.45, 2.75) is 99.0 Å². The molecule has 1 heterocycles. The highest BCUT2D eigenvalue weighted by molar-refractivity contribution is 5.26. The highest BCUT2D eigenvalue weighted by Gasteiger charge is 2.31. The summed E-state index contributed by atoms with van der Waals surface area (Å²) in [6, 6.07) is 21.3. The highest BCUT2D eigenvalue weighted by Crippen LogP contribution is 2.40. The lowest BCUT2D eigenvalue weighted by Gasteiger charge is -2.29. The van der Waals surface area contributed by atoms with Gasteiger partial charge in [-0.05, 0) is 36.3 Å². The Morgan fingerprint density at radius 2 is 1.43 bits per heavy atom. The quantitative estimate of drug-likeness (QED) is 0.176. The van der Waals surface area contributed by atoms with Crippen LogP contribution < -0.4 is 0 Å². The van der Waals surface area contributed by atoms with Gasteiger partial charge in [-0.1, -0.05) is 128 Å². The monoisotopic (exact) mass is 551 g/mol. The molecule has 1 atom stereocenters. The third-order valence-electron chi connectivity index (χ3n) is 6.92. The number of oxazole rings is 1. The van der Waals surface area contributed by atoms with E-state index >= 15 is 0 Å². The van der Waals surface area contributed by atoms with Crippen LogP contribution in [0.1, 0.15) is 109 Å². The van der Waals surface area contributed by atoms with E-state index in [4.69, 9.17) is 14.1 Å². The van der Waals surface area contributed by atoms with Crippen molar-refractivity contribution in [2.24, 2.45) is 5.92 Å². The summed E-state index contributed by atoms with van der Waals surface area (Å²) >= 11 is 0. The summed E-state index contributed by atoms with van der Waals surface area (Å²) < 4.78 is 13.2. The second-order valence-electron chi connectivity index (χ2n) is 10.8. The Hall–Kier alpha value is -2.43. The Balaban J connectivity index is 0.00000105. The molecule has 1 unspecified atom stereocenters. The van der Waals surface area contributed by atoms with Gasteiger partial charge in [-0.2, -0.15) is 0 Å². The molecule has 0 radical (unpaired) electrons. The molecule has 0 aliphatic heterocycles. The molecule has 2 aromatic carbocycles. The molecular formula is C36H59N2O2+. The van der Waals surface area contributed by atoms with Crippen LogP contribution in [0.15, 0.2) is 71.3 Å². The highest BCUT2D eigenvalue weighted by atomic mass is 16.5. The van der Waals surface area contributed by atoms with E-state index in [0.29, 0.717) is 5.92 Å². The average Bonchev–Trinajstić information content (AvgIpc) is 3.44. The van der Waals surface area contributed by atoms with E-state index in [2.05, 4.69) is 88.6 Å². The van der Waals surface area contributed by atoms with Gasteiger partial charge in [0.15, 0.2) is 5.76 Å². The molecule has 40 heavy (non-hydrogen) atoms. The van der Waals surface area contributed by atoms with Gasteiger partial charge in [-0.15, -0.1) is 0 Å². The fourth-order valence-corrected chi connectivity index (χ4v) is 5.03. The van der Waals surface area contributed by atoms with Crippen LogP contribution in [0.3, 0.4) is 0 Å². The molecule has 224 valence electrons. The number of ether oxygens (including phenoxy) is 1. The van der Waals surface area contributed by atoms with Gasteiger partial charge in [0, 0.05) is 0 Å². The Morgan fingerprint density at radius 1 is 0.850 bits per heavy atom. The van der Waals surface area contributed by atoms with E-state index in [1.54, 1.807) is 0 Å². The van der Waals surface area contributed by atoms with Crippen molar-refractivity contribution in [1.29, 1.82) is 0 Å². The Morgan fingerprint density at radius 3 is 2.02 bits per heavy atom. The van der Waals surface area contributed by atoms with E-state index in [1.165, 1.54) is 49.7 Å². The maximum atomic E-state index is 6.41. The predicted octanol–water partition coefficient (Wildman–Crippen LogP) is 9.69. The molecule has 4 nitrogen and oxygen atoms in total. The summed E-state index contributed by atoms with van der Waals surface area (Å²) in [5, 5.41) is 0. The molecule has 1 saturated carbocycles. The zero-order chi connectivity index (χ0) is 29.6. The van der Waals surface area contributed by atoms with Crippen LogP contribution in [0.2, 0.25) is 0 Å². The Labute approximate surface area is 246 Å². The first kappa shape index (κ1) is 35.6. The van der Waals surface area contributed by atoms with E-state index in [9.17, 15) is 0 Å². The van der Waals surface area contributed by atoms with E-state index in [0.717, 1.165) is 48.9 Å². The molecule has 0 spiro atoms. The number of likely N-dealkylation sites (N-methyl/N-ethyl adjacent to an activating group) is 1. The van der Waals surface area contributed by atoms with Crippen LogP contribution in [-0.4, -0.2) is 43.3 Å². The van der Waals surface area contributed by atoms with Gasteiger partial charge in [0.1, 0.15) is 13.1 Å². The van der Waals surface area contributed by atoms with Crippen molar-refractivity contribution in [3.63, 3.8) is 0 Å². The van der Waals surface area contributed by atoms with Crippen LogP contribution in [0.5, 0.6) is 0 Å². The molecule has 1 aliphatic carbocycles. The molecular weight excluding hydrogens is 492 g/mol. The fraction of sp³-hybridized carbons (Fsp3) is 0.583. The summed E-state index contributed by atoms with van der Waals surface area (Å²) in [6.45, 7) is 15.5. The van der Waals surface area contributed by atoms with Crippen molar-refractivity contribution >= 4 is 0 Å². The van der Waals surface area contributed by atoms with Crippen molar-refractivity contribution in [1.82, 2.24) is 4.98 Å². The molecule has 4 rings (SSSR count). The normalized spacial score (nSPS) is 14.0. The second-order valence-corrected chi connectivity index (χ2v) is 10.8. The summed E-state index contributed by atoms with van der Waals surface area (Å²) in [4.78, 5) is 4.79. The van der Waals surface area contributed by atoms with Gasteiger partial charge in [-0.25, -0.2) is 4.98 Å². The zero-order valence-electron chi connectivity index (χ0n) is 27.0. The number of aromatic nitrogens is 1. The van der Waals surface area contributed by atoms with Crippen LogP contribution in [0.25, 0.3) is 0 Å². The molecule has 3 aromatic rings. The fourth-order valence-electron chi connectivity index (χ4n) is 5.03. The standard InChI is InChI=1S/C29H39N2O2.C3H8.2C2H6/c1-31(2,19-21-32-20-18-24-12-6-3-7-13-24)23-27-22-30-29(33-27)28(25-14-8-4-9-15-25)26-16-10-5-11-17-26;1-3-2;2*1-2/h3-4,6-9,12-15,22,26,28H,5,10-11,16-21,23H2,1-2H3;3H2,1-2H3;2*1-2H3/q+1;;;. The summed E-state index contributed by atoms with van der Waals surface area (Å²) in [5.41, 5.74) is 2.66. The Bertz CT molecular complexity index is 963. The average molecular weight is 552 g/mol. The smallest absolute Gasteiger partial charge is 0.202 e. The first-order valence-electron chi connectivity index (χ1n) is 16.0. The summed E-state index contributed by atoms with van der Waals surface area (Å²) in [5.74, 6) is 2.74. The minimum atomic E-state index is 0.261. The van der Waals surface area contributed by atoms with Crippen LogP contribution >= 0.6 is 0 Å². The predicted molar refractivity (Wildman–Crippen MR) is 172 cm³/mol. The molecule has 0 bridgehead atoms. The second kappa shape index (κ2) is 21.3. The largest absolute Gasteiger partial charge is 0.439 e. The van der Waals surface area contributed by atoms with Gasteiger partial charge in [0.2, 0.25) is 5.89 Å². The first-order valence-corrected chi connectivity index (χ1v) is 16.0. The van der Waals surface area contributed by atoms with Crippen LogP contribution in [0, 0.1) is 5.92 Å². The molecule has 0 amide bonds. The van der Waals surface area contributed by atoms with Crippen molar-refractivity contribution in [2.75, 3.05) is 33.9 Å². The third-order valence-corrected chi connectivity index (χ3v) is 6.92. The number of hydrogen-bond acceptors (Lipinski definition) is 3. The number of nitrogens with zero attached hydrogens (tertiary/aromatic N) is 2. The molecule has 4 heteroatoms. The molecule has 1 aliphatic rings. The third kappa shape index (κ3) is 13.3. The zero-order valence-corrected chi connectivity index (χ0v) is 27.0. The molecule has 0 saturated heterocycles. The first-order chi connectivity index (χ1) is 19.5. The van der Waals surface area contributed by atoms with Crippen LogP contribution in [0.4, 0.5) is 0 Å². The van der Waals surface area contributed by atoms with Gasteiger partial charge in [0.05, 0.1) is 39.4 Å². The van der Waals surface area contributed by atoms with Crippen molar-refractivity contribution < 1.29 is 13.6 Å². The van der Waals surface area contributed by atoms with Gasteiger partial charge in [0.25, 0.3) is 0 Å². The van der Waals surface area contributed by atoms with Gasteiger partial charge in [-0.3, -0.25) is 0 Å². The van der Waals surface area contributed by atoms with E-state index < -0.39 is 0 Å².